The van der Waals surface area contributed by atoms with Gasteiger partial charge >= 0.3 is 0 Å². The Balaban J connectivity index is 1.45. The number of carbonyl (C=O) groups excluding carboxylic acids is 1. The molecule has 3 heterocycles. The summed E-state index contributed by atoms with van der Waals surface area (Å²) in [5.41, 5.74) is 2.45. The van der Waals surface area contributed by atoms with E-state index < -0.39 is 42.2 Å². The number of benzene rings is 1. The number of carbonyl (C=O) groups is 1. The van der Waals surface area contributed by atoms with Crippen LogP contribution in [0.1, 0.15) is 47.7 Å². The number of halogens is 2. The van der Waals surface area contributed by atoms with Crippen molar-refractivity contribution >= 4 is 17.4 Å². The molecule has 2 fully saturated rings. The van der Waals surface area contributed by atoms with Crippen LogP contribution in [0.4, 0.5) is 14.6 Å². The number of aliphatic hydroxyl groups excluding tert-OH is 2. The summed E-state index contributed by atoms with van der Waals surface area (Å²) in [6.07, 6.45) is -0.574. The van der Waals surface area contributed by atoms with Crippen molar-refractivity contribution in [1.82, 2.24) is 14.9 Å². The van der Waals surface area contributed by atoms with E-state index in [0.29, 0.717) is 29.1 Å². The summed E-state index contributed by atoms with van der Waals surface area (Å²) in [6, 6.07) is 3.28. The van der Waals surface area contributed by atoms with E-state index in [0.717, 1.165) is 5.56 Å². The van der Waals surface area contributed by atoms with Gasteiger partial charge in [-0.25, -0.2) is 18.7 Å². The zero-order valence-electron chi connectivity index (χ0n) is 18.1. The van der Waals surface area contributed by atoms with Gasteiger partial charge < -0.3 is 20.4 Å². The fourth-order valence-electron chi connectivity index (χ4n) is 5.04. The number of hydrogen-bond donors (Lipinski definition) is 3. The summed E-state index contributed by atoms with van der Waals surface area (Å²) in [4.78, 5) is 27.9. The minimum absolute atomic E-state index is 0.0821. The molecule has 174 valence electrons. The molecule has 2 aromatic rings. The highest BCUT2D eigenvalue weighted by molar-refractivity contribution is 6.47. The second-order valence-electron chi connectivity index (χ2n) is 8.96. The van der Waals surface area contributed by atoms with Gasteiger partial charge in [-0.15, -0.1) is 0 Å². The molecule has 8 nitrogen and oxygen atoms in total. The van der Waals surface area contributed by atoms with Crippen molar-refractivity contribution in [1.29, 1.82) is 0 Å². The largest absolute Gasteiger partial charge is 0.393 e. The van der Waals surface area contributed by atoms with Crippen molar-refractivity contribution in [3.05, 3.63) is 52.7 Å². The number of nitrogens with one attached hydrogen (secondary N) is 1. The number of hydrogen-bond acceptors (Lipinski definition) is 7. The van der Waals surface area contributed by atoms with E-state index in [4.69, 9.17) is 0 Å². The molecule has 1 saturated heterocycles. The van der Waals surface area contributed by atoms with Crippen molar-refractivity contribution < 1.29 is 23.8 Å². The molecule has 33 heavy (non-hydrogen) atoms. The van der Waals surface area contributed by atoms with Crippen LogP contribution in [0.15, 0.2) is 29.5 Å². The fourth-order valence-corrected chi connectivity index (χ4v) is 5.04. The molecule has 0 spiro atoms. The Hall–Kier alpha value is -2.98. The average Bonchev–Trinajstić information content (AvgIpc) is 3.46. The number of amides is 1. The Kier molecular flexibility index (Phi) is 5.57. The molecular formula is C23H25F2N5O3. The second-order valence-corrected chi connectivity index (χ2v) is 8.96. The predicted octanol–water partition coefficient (Wildman–Crippen LogP) is 1.83. The third-order valence-electron chi connectivity index (χ3n) is 6.69. The SMILES string of the molecule is Cc1ccc(F)cc1[C@H]1C[C@H](F)CN1C(=O)C1=NCc2ncnc(N[C@@H]3C[C@@H](O)C[C@H]3O)c21. The Morgan fingerprint density at radius 2 is 2.03 bits per heavy atom. The standard InChI is InChI=1S/C23H25F2N5O3/c1-11-2-3-12(24)4-15(11)18-5-13(25)9-30(18)23(33)21-20-17(8-26-21)27-10-28-22(20)29-16-6-14(31)7-19(16)32/h2-4,10,13-14,16,18-19,31-32H,5-9H2,1H3,(H,27,28,29)/t13-,14+,16+,18+,19+/m0/s1. The highest BCUT2D eigenvalue weighted by atomic mass is 19.1. The number of nitrogens with zero attached hydrogens (tertiary/aromatic N) is 4. The van der Waals surface area contributed by atoms with Crippen molar-refractivity contribution in [2.24, 2.45) is 4.99 Å². The Labute approximate surface area is 189 Å². The lowest BCUT2D eigenvalue weighted by molar-refractivity contribution is -0.125. The molecular weight excluding hydrogens is 432 g/mol. The number of aromatic nitrogens is 2. The third-order valence-corrected chi connectivity index (χ3v) is 6.69. The zero-order valence-corrected chi connectivity index (χ0v) is 18.1. The number of anilines is 1. The van der Waals surface area contributed by atoms with Gasteiger partial charge in [0, 0.05) is 12.8 Å². The molecule has 10 heteroatoms. The van der Waals surface area contributed by atoms with Gasteiger partial charge in [-0.1, -0.05) is 6.07 Å². The van der Waals surface area contributed by atoms with Crippen molar-refractivity contribution in [2.75, 3.05) is 11.9 Å². The molecule has 5 atom stereocenters. The summed E-state index contributed by atoms with van der Waals surface area (Å²) in [5, 5.41) is 23.2. The molecule has 2 aliphatic heterocycles. The molecule has 5 rings (SSSR count). The predicted molar refractivity (Wildman–Crippen MR) is 116 cm³/mol. The quantitative estimate of drug-likeness (QED) is 0.646. The van der Waals surface area contributed by atoms with Crippen molar-refractivity contribution in [2.45, 2.75) is 63.2 Å². The first kappa shape index (κ1) is 21.8. The maximum Gasteiger partial charge on any atom is 0.273 e. The minimum atomic E-state index is -1.23. The second kappa shape index (κ2) is 8.42. The number of fused-ring (bicyclic) bond motifs is 1. The number of aliphatic imine (C=N–C) groups is 1. The van der Waals surface area contributed by atoms with E-state index >= 15 is 0 Å². The van der Waals surface area contributed by atoms with E-state index in [-0.39, 0.29) is 31.6 Å². The molecule has 1 aromatic carbocycles. The van der Waals surface area contributed by atoms with Crippen LogP contribution in [0.3, 0.4) is 0 Å². The maximum atomic E-state index is 14.5. The topological polar surface area (TPSA) is 111 Å². The summed E-state index contributed by atoms with van der Waals surface area (Å²) in [5.74, 6) is -0.560. The van der Waals surface area contributed by atoms with E-state index in [1.54, 1.807) is 6.07 Å². The van der Waals surface area contributed by atoms with Crippen LogP contribution < -0.4 is 5.32 Å². The van der Waals surface area contributed by atoms with Crippen LogP contribution in [0.2, 0.25) is 0 Å². The van der Waals surface area contributed by atoms with Crippen LogP contribution in [-0.4, -0.2) is 67.7 Å². The van der Waals surface area contributed by atoms with Gasteiger partial charge in [-0.2, -0.15) is 0 Å². The van der Waals surface area contributed by atoms with Gasteiger partial charge in [0.15, 0.2) is 0 Å². The molecule has 3 aliphatic rings. The molecule has 0 radical (unpaired) electrons. The fraction of sp³-hybridized carbons (Fsp3) is 0.478. The molecule has 3 N–H and O–H groups in total. The smallest absolute Gasteiger partial charge is 0.273 e. The van der Waals surface area contributed by atoms with E-state index in [1.165, 1.54) is 23.4 Å². The lowest BCUT2D eigenvalue weighted by atomic mass is 9.98. The first-order valence-corrected chi connectivity index (χ1v) is 11.0. The summed E-state index contributed by atoms with van der Waals surface area (Å²) >= 11 is 0. The van der Waals surface area contributed by atoms with E-state index in [1.807, 2.05) is 6.92 Å². The molecule has 1 aromatic heterocycles. The number of alkyl halides is 1. The van der Waals surface area contributed by atoms with Crippen LogP contribution in [0, 0.1) is 12.7 Å². The highest BCUT2D eigenvalue weighted by Crippen LogP contribution is 2.37. The van der Waals surface area contributed by atoms with Crippen LogP contribution in [-0.2, 0) is 11.3 Å². The monoisotopic (exact) mass is 457 g/mol. The molecule has 0 unspecified atom stereocenters. The summed E-state index contributed by atoms with van der Waals surface area (Å²) < 4.78 is 28.4. The first-order chi connectivity index (χ1) is 15.8. The van der Waals surface area contributed by atoms with Crippen LogP contribution in [0.25, 0.3) is 0 Å². The Bertz CT molecular complexity index is 1130. The van der Waals surface area contributed by atoms with Crippen molar-refractivity contribution in [3.8, 4) is 0 Å². The van der Waals surface area contributed by atoms with E-state index in [2.05, 4.69) is 20.3 Å². The van der Waals surface area contributed by atoms with Crippen LogP contribution >= 0.6 is 0 Å². The maximum absolute atomic E-state index is 14.5. The average molecular weight is 457 g/mol. The highest BCUT2D eigenvalue weighted by Gasteiger charge is 2.41. The van der Waals surface area contributed by atoms with Gasteiger partial charge in [0.25, 0.3) is 5.91 Å². The zero-order chi connectivity index (χ0) is 23.3. The summed E-state index contributed by atoms with van der Waals surface area (Å²) in [7, 11) is 0. The molecule has 1 saturated carbocycles. The molecule has 1 aliphatic carbocycles. The van der Waals surface area contributed by atoms with Gasteiger partial charge in [0.2, 0.25) is 0 Å². The molecule has 1 amide bonds. The van der Waals surface area contributed by atoms with Crippen molar-refractivity contribution in [3.63, 3.8) is 0 Å². The van der Waals surface area contributed by atoms with E-state index in [9.17, 15) is 23.8 Å². The number of aryl methyl sites for hydroxylation is 1. The van der Waals surface area contributed by atoms with Gasteiger partial charge in [-0.05, 0) is 36.6 Å². The summed E-state index contributed by atoms with van der Waals surface area (Å²) in [6.45, 7) is 1.88. The normalized spacial score (nSPS) is 28.7. The number of likely N-dealkylation sites (tertiary alicyclic amines) is 1. The Morgan fingerprint density at radius 1 is 1.21 bits per heavy atom. The number of aliphatic hydroxyl groups is 2. The molecule has 0 bridgehead atoms. The van der Waals surface area contributed by atoms with Crippen LogP contribution in [0.5, 0.6) is 0 Å². The first-order valence-electron chi connectivity index (χ1n) is 11.0. The minimum Gasteiger partial charge on any atom is -0.393 e. The van der Waals surface area contributed by atoms with Gasteiger partial charge in [-0.3, -0.25) is 9.79 Å². The Morgan fingerprint density at radius 3 is 2.79 bits per heavy atom. The third kappa shape index (κ3) is 3.97. The van der Waals surface area contributed by atoms with Gasteiger partial charge in [0.05, 0.1) is 48.6 Å². The lowest BCUT2D eigenvalue weighted by Crippen LogP contribution is -2.38. The van der Waals surface area contributed by atoms with Gasteiger partial charge in [0.1, 0.15) is 29.8 Å². The number of rotatable bonds is 4. The lowest BCUT2D eigenvalue weighted by Gasteiger charge is -2.26.